The first kappa shape index (κ1) is 12.0. The SMILES string of the molecule is Cc1ncsc1CNCCc1ccc(N)cn1. The number of aryl methyl sites for hydroxylation is 1. The van der Waals surface area contributed by atoms with Gasteiger partial charge in [-0.1, -0.05) is 0 Å². The summed E-state index contributed by atoms with van der Waals surface area (Å²) in [6.07, 6.45) is 2.61. The van der Waals surface area contributed by atoms with E-state index in [1.807, 2.05) is 24.6 Å². The monoisotopic (exact) mass is 248 g/mol. The summed E-state index contributed by atoms with van der Waals surface area (Å²) in [6, 6.07) is 3.85. The van der Waals surface area contributed by atoms with Crippen LogP contribution in [0.3, 0.4) is 0 Å². The van der Waals surface area contributed by atoms with Gasteiger partial charge in [0.25, 0.3) is 0 Å². The third-order valence-electron chi connectivity index (χ3n) is 2.54. The molecule has 0 unspecified atom stereocenters. The normalized spacial score (nSPS) is 10.6. The Morgan fingerprint density at radius 3 is 2.88 bits per heavy atom. The molecule has 0 saturated heterocycles. The second-order valence-corrected chi connectivity index (χ2v) is 4.81. The molecule has 0 amide bonds. The van der Waals surface area contributed by atoms with Gasteiger partial charge in [0.15, 0.2) is 0 Å². The fraction of sp³-hybridized carbons (Fsp3) is 0.333. The molecule has 0 aliphatic carbocycles. The molecular weight excluding hydrogens is 232 g/mol. The van der Waals surface area contributed by atoms with Crippen molar-refractivity contribution in [3.05, 3.63) is 40.1 Å². The predicted molar refractivity (Wildman–Crippen MR) is 70.9 cm³/mol. The maximum Gasteiger partial charge on any atom is 0.0798 e. The summed E-state index contributed by atoms with van der Waals surface area (Å²) in [5.74, 6) is 0. The Balaban J connectivity index is 1.73. The molecular formula is C12H16N4S. The zero-order chi connectivity index (χ0) is 12.1. The Morgan fingerprint density at radius 1 is 1.35 bits per heavy atom. The van der Waals surface area contributed by atoms with Gasteiger partial charge in [-0.3, -0.25) is 4.98 Å². The topological polar surface area (TPSA) is 63.8 Å². The average Bonchev–Trinajstić information content (AvgIpc) is 2.73. The van der Waals surface area contributed by atoms with Crippen molar-refractivity contribution < 1.29 is 0 Å². The molecule has 2 rings (SSSR count). The fourth-order valence-corrected chi connectivity index (χ4v) is 2.24. The Hall–Kier alpha value is -1.46. The molecule has 0 radical (unpaired) electrons. The van der Waals surface area contributed by atoms with E-state index in [1.54, 1.807) is 17.5 Å². The minimum Gasteiger partial charge on any atom is -0.397 e. The average molecular weight is 248 g/mol. The molecule has 2 heterocycles. The molecule has 0 aliphatic heterocycles. The maximum atomic E-state index is 5.58. The van der Waals surface area contributed by atoms with Gasteiger partial charge in [-0.05, 0) is 19.1 Å². The lowest BCUT2D eigenvalue weighted by atomic mass is 10.2. The molecule has 2 aromatic heterocycles. The number of rotatable bonds is 5. The van der Waals surface area contributed by atoms with E-state index in [1.165, 1.54) is 4.88 Å². The van der Waals surface area contributed by atoms with Gasteiger partial charge < -0.3 is 11.1 Å². The first-order chi connectivity index (χ1) is 8.25. The largest absolute Gasteiger partial charge is 0.397 e. The number of thiazole rings is 1. The molecule has 3 N–H and O–H groups in total. The first-order valence-electron chi connectivity index (χ1n) is 5.56. The maximum absolute atomic E-state index is 5.58. The number of hydrogen-bond acceptors (Lipinski definition) is 5. The van der Waals surface area contributed by atoms with Gasteiger partial charge in [-0.25, -0.2) is 4.98 Å². The molecule has 0 atom stereocenters. The third-order valence-corrected chi connectivity index (χ3v) is 3.47. The van der Waals surface area contributed by atoms with E-state index >= 15 is 0 Å². The van der Waals surface area contributed by atoms with E-state index in [0.717, 1.165) is 30.9 Å². The summed E-state index contributed by atoms with van der Waals surface area (Å²) in [5, 5.41) is 3.39. The van der Waals surface area contributed by atoms with Crippen LogP contribution in [0, 0.1) is 6.92 Å². The zero-order valence-corrected chi connectivity index (χ0v) is 10.6. The number of nitrogens with one attached hydrogen (secondary N) is 1. The van der Waals surface area contributed by atoms with Gasteiger partial charge in [0, 0.05) is 30.1 Å². The van der Waals surface area contributed by atoms with Crippen LogP contribution in [0.25, 0.3) is 0 Å². The lowest BCUT2D eigenvalue weighted by Gasteiger charge is -2.03. The Kier molecular flexibility index (Phi) is 4.06. The minimum atomic E-state index is 0.710. The molecule has 5 heteroatoms. The number of pyridine rings is 1. The summed E-state index contributed by atoms with van der Waals surface area (Å²) >= 11 is 1.69. The molecule has 0 saturated carbocycles. The summed E-state index contributed by atoms with van der Waals surface area (Å²) in [4.78, 5) is 9.77. The summed E-state index contributed by atoms with van der Waals surface area (Å²) in [7, 11) is 0. The number of nitrogens with two attached hydrogens (primary N) is 1. The van der Waals surface area contributed by atoms with Crippen molar-refractivity contribution >= 4 is 17.0 Å². The number of hydrogen-bond donors (Lipinski definition) is 2. The lowest BCUT2D eigenvalue weighted by Crippen LogP contribution is -2.17. The van der Waals surface area contributed by atoms with Crippen LogP contribution in [-0.2, 0) is 13.0 Å². The highest BCUT2D eigenvalue weighted by Gasteiger charge is 2.00. The fourth-order valence-electron chi connectivity index (χ4n) is 1.50. The van der Waals surface area contributed by atoms with E-state index in [0.29, 0.717) is 5.69 Å². The molecule has 90 valence electrons. The highest BCUT2D eigenvalue weighted by molar-refractivity contribution is 7.09. The second kappa shape index (κ2) is 5.75. The molecule has 0 fully saturated rings. The van der Waals surface area contributed by atoms with Gasteiger partial charge in [-0.15, -0.1) is 11.3 Å². The highest BCUT2D eigenvalue weighted by atomic mass is 32.1. The van der Waals surface area contributed by atoms with Gasteiger partial charge >= 0.3 is 0 Å². The Bertz CT molecular complexity index is 464. The summed E-state index contributed by atoms with van der Waals surface area (Å²) in [5.41, 5.74) is 10.4. The van der Waals surface area contributed by atoms with E-state index < -0.39 is 0 Å². The lowest BCUT2D eigenvalue weighted by molar-refractivity contribution is 0.683. The van der Waals surface area contributed by atoms with Crippen LogP contribution in [-0.4, -0.2) is 16.5 Å². The van der Waals surface area contributed by atoms with E-state index in [9.17, 15) is 0 Å². The van der Waals surface area contributed by atoms with Crippen LogP contribution in [0.2, 0.25) is 0 Å². The van der Waals surface area contributed by atoms with Crippen LogP contribution in [0.15, 0.2) is 23.8 Å². The van der Waals surface area contributed by atoms with Crippen LogP contribution in [0.5, 0.6) is 0 Å². The highest BCUT2D eigenvalue weighted by Crippen LogP contribution is 2.11. The van der Waals surface area contributed by atoms with Crippen LogP contribution in [0.1, 0.15) is 16.3 Å². The Labute approximate surface area is 105 Å². The molecule has 2 aromatic rings. The van der Waals surface area contributed by atoms with E-state index in [-0.39, 0.29) is 0 Å². The van der Waals surface area contributed by atoms with Crippen molar-refractivity contribution in [1.29, 1.82) is 0 Å². The minimum absolute atomic E-state index is 0.710. The van der Waals surface area contributed by atoms with E-state index in [2.05, 4.69) is 15.3 Å². The van der Waals surface area contributed by atoms with Crippen LogP contribution < -0.4 is 11.1 Å². The van der Waals surface area contributed by atoms with Gasteiger partial charge in [0.2, 0.25) is 0 Å². The van der Waals surface area contributed by atoms with Gasteiger partial charge in [0.05, 0.1) is 23.1 Å². The molecule has 0 aliphatic rings. The van der Waals surface area contributed by atoms with Crippen molar-refractivity contribution in [2.24, 2.45) is 0 Å². The number of nitrogen functional groups attached to an aromatic ring is 1. The molecule has 0 spiro atoms. The molecule has 4 nitrogen and oxygen atoms in total. The van der Waals surface area contributed by atoms with Crippen molar-refractivity contribution in [2.75, 3.05) is 12.3 Å². The summed E-state index contributed by atoms with van der Waals surface area (Å²) < 4.78 is 0. The summed E-state index contributed by atoms with van der Waals surface area (Å²) in [6.45, 7) is 3.83. The second-order valence-electron chi connectivity index (χ2n) is 3.87. The van der Waals surface area contributed by atoms with Crippen molar-refractivity contribution in [3.63, 3.8) is 0 Å². The standard InChI is InChI=1S/C12H16N4S/c1-9-12(17-8-16-9)7-14-5-4-11-3-2-10(13)6-15-11/h2-3,6,8,14H,4-5,7,13H2,1H3. The van der Waals surface area contributed by atoms with E-state index in [4.69, 9.17) is 5.73 Å². The molecule has 0 bridgehead atoms. The van der Waals surface area contributed by atoms with Gasteiger partial charge in [-0.2, -0.15) is 0 Å². The molecule has 0 aromatic carbocycles. The van der Waals surface area contributed by atoms with Crippen LogP contribution in [0.4, 0.5) is 5.69 Å². The first-order valence-corrected chi connectivity index (χ1v) is 6.44. The van der Waals surface area contributed by atoms with Crippen molar-refractivity contribution in [2.45, 2.75) is 19.9 Å². The smallest absolute Gasteiger partial charge is 0.0798 e. The van der Waals surface area contributed by atoms with Crippen LogP contribution >= 0.6 is 11.3 Å². The van der Waals surface area contributed by atoms with Crippen molar-refractivity contribution in [3.8, 4) is 0 Å². The zero-order valence-electron chi connectivity index (χ0n) is 9.81. The van der Waals surface area contributed by atoms with Crippen molar-refractivity contribution in [1.82, 2.24) is 15.3 Å². The Morgan fingerprint density at radius 2 is 2.24 bits per heavy atom. The third kappa shape index (κ3) is 3.51. The quantitative estimate of drug-likeness (QED) is 0.791. The van der Waals surface area contributed by atoms with Gasteiger partial charge in [0.1, 0.15) is 0 Å². The number of aromatic nitrogens is 2. The molecule has 17 heavy (non-hydrogen) atoms. The number of anilines is 1. The predicted octanol–water partition coefficient (Wildman–Crippen LogP) is 1.76. The number of nitrogens with zero attached hydrogens (tertiary/aromatic N) is 2.